The van der Waals surface area contributed by atoms with Crippen LogP contribution in [0.1, 0.15) is 36.8 Å². The lowest BCUT2D eigenvalue weighted by Crippen LogP contribution is -2.27. The molecule has 0 atom stereocenters. The predicted molar refractivity (Wildman–Crippen MR) is 77.5 cm³/mol. The average Bonchev–Trinajstić information content (AvgIpc) is 2.42. The van der Waals surface area contributed by atoms with Crippen molar-refractivity contribution in [1.29, 1.82) is 0 Å². The summed E-state index contributed by atoms with van der Waals surface area (Å²) in [5.41, 5.74) is 2.01. The summed E-state index contributed by atoms with van der Waals surface area (Å²) in [6.07, 6.45) is 4.05. The molecule has 0 bridgehead atoms. The first-order valence-electron chi connectivity index (χ1n) is 7.32. The second-order valence-corrected chi connectivity index (χ2v) is 5.69. The van der Waals surface area contributed by atoms with E-state index in [1.807, 2.05) is 24.3 Å². The summed E-state index contributed by atoms with van der Waals surface area (Å²) in [7, 11) is 0. The highest BCUT2D eigenvalue weighted by atomic mass is 16.4. The van der Waals surface area contributed by atoms with Gasteiger partial charge in [0.05, 0.1) is 12.5 Å². The van der Waals surface area contributed by atoms with Crippen molar-refractivity contribution in [2.24, 2.45) is 5.92 Å². The van der Waals surface area contributed by atoms with Gasteiger partial charge in [0.15, 0.2) is 0 Å². The molecule has 0 heterocycles. The molecule has 4 heteroatoms. The van der Waals surface area contributed by atoms with Gasteiger partial charge >= 0.3 is 5.97 Å². The smallest absolute Gasteiger partial charge is 0.307 e. The molecule has 0 radical (unpaired) electrons. The van der Waals surface area contributed by atoms with Gasteiger partial charge in [0.2, 0.25) is 0 Å². The predicted octanol–water partition coefficient (Wildman–Crippen LogP) is 1.95. The zero-order valence-electron chi connectivity index (χ0n) is 11.7. The second-order valence-electron chi connectivity index (χ2n) is 5.69. The van der Waals surface area contributed by atoms with Crippen LogP contribution in [-0.2, 0) is 17.8 Å². The van der Waals surface area contributed by atoms with E-state index in [4.69, 9.17) is 5.11 Å². The highest BCUT2D eigenvalue weighted by molar-refractivity contribution is 5.70. The van der Waals surface area contributed by atoms with Crippen molar-refractivity contribution < 1.29 is 15.0 Å². The number of aliphatic hydroxyl groups excluding tert-OH is 1. The second kappa shape index (κ2) is 7.41. The Balaban J connectivity index is 1.70. The molecule has 2 rings (SSSR count). The monoisotopic (exact) mass is 277 g/mol. The molecule has 0 amide bonds. The molecule has 4 nitrogen and oxygen atoms in total. The SMILES string of the molecule is O=C(O)Cc1ccc(CNCC2CCC(O)CC2)cc1. The number of carbonyl (C=O) groups is 1. The molecule has 0 spiro atoms. The summed E-state index contributed by atoms with van der Waals surface area (Å²) < 4.78 is 0. The lowest BCUT2D eigenvalue weighted by Gasteiger charge is -2.25. The third-order valence-electron chi connectivity index (χ3n) is 3.96. The molecule has 0 aromatic heterocycles. The molecule has 1 fully saturated rings. The van der Waals surface area contributed by atoms with Crippen molar-refractivity contribution in [3.8, 4) is 0 Å². The fourth-order valence-electron chi connectivity index (χ4n) is 2.72. The Morgan fingerprint density at radius 3 is 2.30 bits per heavy atom. The van der Waals surface area contributed by atoms with Crippen LogP contribution < -0.4 is 5.32 Å². The molecule has 1 aliphatic carbocycles. The van der Waals surface area contributed by atoms with Gasteiger partial charge in [0, 0.05) is 6.54 Å². The van der Waals surface area contributed by atoms with Gasteiger partial charge in [-0.25, -0.2) is 0 Å². The molecular weight excluding hydrogens is 254 g/mol. The number of rotatable bonds is 6. The summed E-state index contributed by atoms with van der Waals surface area (Å²) >= 11 is 0. The van der Waals surface area contributed by atoms with E-state index in [-0.39, 0.29) is 12.5 Å². The van der Waals surface area contributed by atoms with E-state index in [0.29, 0.717) is 5.92 Å². The first kappa shape index (κ1) is 15.0. The first-order valence-corrected chi connectivity index (χ1v) is 7.32. The summed E-state index contributed by atoms with van der Waals surface area (Å²) in [5, 5.41) is 21.6. The van der Waals surface area contributed by atoms with Crippen molar-refractivity contribution in [3.05, 3.63) is 35.4 Å². The van der Waals surface area contributed by atoms with E-state index in [9.17, 15) is 9.90 Å². The van der Waals surface area contributed by atoms with Gasteiger partial charge in [-0.1, -0.05) is 24.3 Å². The van der Waals surface area contributed by atoms with Crippen LogP contribution in [0.2, 0.25) is 0 Å². The minimum absolute atomic E-state index is 0.0815. The number of nitrogens with one attached hydrogen (secondary N) is 1. The summed E-state index contributed by atoms with van der Waals surface area (Å²) in [6, 6.07) is 7.72. The van der Waals surface area contributed by atoms with E-state index in [0.717, 1.165) is 44.3 Å². The summed E-state index contributed by atoms with van der Waals surface area (Å²) in [5.74, 6) is -0.125. The fourth-order valence-corrected chi connectivity index (χ4v) is 2.72. The maximum Gasteiger partial charge on any atom is 0.307 e. The molecule has 1 saturated carbocycles. The van der Waals surface area contributed by atoms with E-state index in [1.54, 1.807) is 0 Å². The normalized spacial score (nSPS) is 22.6. The van der Waals surface area contributed by atoms with Crippen molar-refractivity contribution in [2.75, 3.05) is 6.54 Å². The Hall–Kier alpha value is -1.39. The van der Waals surface area contributed by atoms with Crippen LogP contribution in [0.4, 0.5) is 0 Å². The summed E-state index contributed by atoms with van der Waals surface area (Å²) in [6.45, 7) is 1.80. The van der Waals surface area contributed by atoms with Crippen LogP contribution in [0.15, 0.2) is 24.3 Å². The quantitative estimate of drug-likeness (QED) is 0.743. The Morgan fingerprint density at radius 2 is 1.70 bits per heavy atom. The third-order valence-corrected chi connectivity index (χ3v) is 3.96. The summed E-state index contributed by atoms with van der Waals surface area (Å²) in [4.78, 5) is 10.6. The Bertz CT molecular complexity index is 422. The topological polar surface area (TPSA) is 69.6 Å². The molecule has 0 unspecified atom stereocenters. The number of hydrogen-bond donors (Lipinski definition) is 3. The zero-order valence-corrected chi connectivity index (χ0v) is 11.7. The number of benzene rings is 1. The molecule has 1 aliphatic rings. The highest BCUT2D eigenvalue weighted by Gasteiger charge is 2.18. The van der Waals surface area contributed by atoms with E-state index >= 15 is 0 Å². The van der Waals surface area contributed by atoms with Crippen molar-refractivity contribution in [2.45, 2.75) is 44.8 Å². The lowest BCUT2D eigenvalue weighted by atomic mass is 9.87. The number of hydrogen-bond acceptors (Lipinski definition) is 3. The zero-order chi connectivity index (χ0) is 14.4. The minimum Gasteiger partial charge on any atom is -0.481 e. The van der Waals surface area contributed by atoms with Crippen LogP contribution >= 0.6 is 0 Å². The largest absolute Gasteiger partial charge is 0.481 e. The molecule has 110 valence electrons. The van der Waals surface area contributed by atoms with Gasteiger partial charge in [-0.3, -0.25) is 4.79 Å². The van der Waals surface area contributed by atoms with Crippen LogP contribution in [0.5, 0.6) is 0 Å². The Labute approximate surface area is 119 Å². The molecule has 3 N–H and O–H groups in total. The number of carboxylic acids is 1. The number of aliphatic carboxylic acids is 1. The van der Waals surface area contributed by atoms with E-state index < -0.39 is 5.97 Å². The Kier molecular flexibility index (Phi) is 5.56. The average molecular weight is 277 g/mol. The van der Waals surface area contributed by atoms with Gasteiger partial charge < -0.3 is 15.5 Å². The molecule has 0 aliphatic heterocycles. The number of carboxylic acid groups (broad SMARTS) is 1. The van der Waals surface area contributed by atoms with Crippen molar-refractivity contribution >= 4 is 5.97 Å². The van der Waals surface area contributed by atoms with Gasteiger partial charge in [-0.15, -0.1) is 0 Å². The van der Waals surface area contributed by atoms with Crippen molar-refractivity contribution in [3.63, 3.8) is 0 Å². The van der Waals surface area contributed by atoms with E-state index in [2.05, 4.69) is 5.32 Å². The molecule has 1 aromatic rings. The van der Waals surface area contributed by atoms with Crippen molar-refractivity contribution in [1.82, 2.24) is 5.32 Å². The minimum atomic E-state index is -0.796. The van der Waals surface area contributed by atoms with E-state index in [1.165, 1.54) is 5.56 Å². The molecule has 20 heavy (non-hydrogen) atoms. The van der Waals surface area contributed by atoms with Crippen LogP contribution in [0.25, 0.3) is 0 Å². The van der Waals surface area contributed by atoms with Crippen LogP contribution in [-0.4, -0.2) is 28.8 Å². The van der Waals surface area contributed by atoms with Crippen LogP contribution in [0, 0.1) is 5.92 Å². The third kappa shape index (κ3) is 4.94. The van der Waals surface area contributed by atoms with Gasteiger partial charge in [0.25, 0.3) is 0 Å². The van der Waals surface area contributed by atoms with Crippen LogP contribution in [0.3, 0.4) is 0 Å². The highest BCUT2D eigenvalue weighted by Crippen LogP contribution is 2.23. The molecular formula is C16H23NO3. The lowest BCUT2D eigenvalue weighted by molar-refractivity contribution is -0.136. The maximum absolute atomic E-state index is 10.6. The fraction of sp³-hybridized carbons (Fsp3) is 0.562. The standard InChI is InChI=1S/C16H23NO3/c18-15-7-5-14(6-8-15)11-17-10-13-3-1-12(2-4-13)9-16(19)20/h1-4,14-15,17-18H,5-11H2,(H,19,20). The number of aliphatic hydroxyl groups is 1. The first-order chi connectivity index (χ1) is 9.63. The molecule has 1 aromatic carbocycles. The molecule has 0 saturated heterocycles. The van der Waals surface area contributed by atoms with Gasteiger partial charge in [0.1, 0.15) is 0 Å². The van der Waals surface area contributed by atoms with Gasteiger partial charge in [-0.05, 0) is 49.3 Å². The van der Waals surface area contributed by atoms with Gasteiger partial charge in [-0.2, -0.15) is 0 Å². The maximum atomic E-state index is 10.6. The Morgan fingerprint density at radius 1 is 1.10 bits per heavy atom.